The third-order valence-corrected chi connectivity index (χ3v) is 4.62. The lowest BCUT2D eigenvalue weighted by atomic mass is 10.00. The quantitative estimate of drug-likeness (QED) is 0.402. The van der Waals surface area contributed by atoms with Gasteiger partial charge in [0.25, 0.3) is 5.91 Å². The third-order valence-electron chi connectivity index (χ3n) is 4.62. The maximum Gasteiger partial charge on any atom is 0.330 e. The van der Waals surface area contributed by atoms with Crippen LogP contribution in [0.25, 0.3) is 6.08 Å². The average molecular weight is 400 g/mol. The first-order chi connectivity index (χ1) is 13.7. The fourth-order valence-corrected chi connectivity index (χ4v) is 3.48. The number of anilines is 1. The molecule has 0 fully saturated rings. The van der Waals surface area contributed by atoms with E-state index in [1.807, 2.05) is 34.6 Å². The first-order valence-electron chi connectivity index (χ1n) is 9.84. The molecule has 1 unspecified atom stereocenters. The highest BCUT2D eigenvalue weighted by Gasteiger charge is 2.33. The molecule has 0 saturated carbocycles. The Morgan fingerprint density at radius 1 is 1.28 bits per heavy atom. The summed E-state index contributed by atoms with van der Waals surface area (Å²) in [5.74, 6) is -1.29. The van der Waals surface area contributed by atoms with Crippen molar-refractivity contribution >= 4 is 23.6 Å². The molecule has 156 valence electrons. The van der Waals surface area contributed by atoms with Crippen LogP contribution < -0.4 is 5.32 Å². The van der Waals surface area contributed by atoms with E-state index >= 15 is 0 Å². The van der Waals surface area contributed by atoms with Gasteiger partial charge in [-0.25, -0.2) is 9.18 Å². The van der Waals surface area contributed by atoms with Crippen molar-refractivity contribution in [3.63, 3.8) is 0 Å². The molecule has 1 aliphatic heterocycles. The van der Waals surface area contributed by atoms with Crippen molar-refractivity contribution in [3.8, 4) is 0 Å². The molecule has 0 spiro atoms. The van der Waals surface area contributed by atoms with Crippen molar-refractivity contribution in [1.29, 1.82) is 0 Å². The molecule has 0 aliphatic carbocycles. The Morgan fingerprint density at radius 3 is 2.55 bits per heavy atom. The zero-order chi connectivity index (χ0) is 21.7. The van der Waals surface area contributed by atoms with E-state index in [1.54, 1.807) is 11.8 Å². The van der Waals surface area contributed by atoms with Gasteiger partial charge in [-0.3, -0.25) is 9.69 Å². The first kappa shape index (κ1) is 22.4. The number of nitrogens with zero attached hydrogens (tertiary/aromatic N) is 1. The first-order valence-corrected chi connectivity index (χ1v) is 9.84. The van der Waals surface area contributed by atoms with E-state index in [0.29, 0.717) is 11.3 Å². The van der Waals surface area contributed by atoms with Crippen molar-refractivity contribution in [2.24, 2.45) is 0 Å². The van der Waals surface area contributed by atoms with Crippen LogP contribution in [-0.4, -0.2) is 29.5 Å². The molecular weight excluding hydrogens is 371 g/mol. The Labute approximate surface area is 171 Å². The fourth-order valence-electron chi connectivity index (χ4n) is 3.48. The van der Waals surface area contributed by atoms with Gasteiger partial charge in [0.1, 0.15) is 12.0 Å². The largest absolute Gasteiger partial charge is 0.463 e. The predicted octanol–water partition coefficient (Wildman–Crippen LogP) is 5.27. The Balaban J connectivity index is 2.50. The van der Waals surface area contributed by atoms with E-state index in [9.17, 15) is 14.0 Å². The van der Waals surface area contributed by atoms with Crippen LogP contribution in [0.5, 0.6) is 0 Å². The number of allylic oxidation sites excluding steroid dienone is 3. The molecule has 1 aliphatic rings. The molecule has 1 aromatic rings. The van der Waals surface area contributed by atoms with E-state index < -0.39 is 11.8 Å². The molecule has 0 bridgehead atoms. The van der Waals surface area contributed by atoms with Gasteiger partial charge in [-0.2, -0.15) is 0 Å². The van der Waals surface area contributed by atoms with E-state index in [0.717, 1.165) is 29.3 Å². The van der Waals surface area contributed by atoms with Crippen molar-refractivity contribution in [2.75, 3.05) is 11.9 Å². The molecule has 1 heterocycles. The Kier molecular flexibility index (Phi) is 7.37. The van der Waals surface area contributed by atoms with Crippen LogP contribution in [0.2, 0.25) is 0 Å². The molecule has 1 amide bonds. The van der Waals surface area contributed by atoms with Crippen LogP contribution >= 0.6 is 0 Å². The van der Waals surface area contributed by atoms with Gasteiger partial charge in [-0.1, -0.05) is 18.6 Å². The summed E-state index contributed by atoms with van der Waals surface area (Å²) in [6.07, 6.45) is 5.09. The number of ether oxygens (including phenoxy) is 1. The number of carbonyl (C=O) groups excluding carboxylic acids is 2. The van der Waals surface area contributed by atoms with Gasteiger partial charge in [-0.05, 0) is 64.8 Å². The van der Waals surface area contributed by atoms with Gasteiger partial charge in [0, 0.05) is 17.3 Å². The van der Waals surface area contributed by atoms with E-state index in [1.165, 1.54) is 18.2 Å². The maximum absolute atomic E-state index is 14.5. The summed E-state index contributed by atoms with van der Waals surface area (Å²) in [7, 11) is 0. The lowest BCUT2D eigenvalue weighted by molar-refractivity contribution is -0.137. The lowest BCUT2D eigenvalue weighted by Crippen LogP contribution is -2.47. The predicted molar refractivity (Wildman–Crippen MR) is 114 cm³/mol. The number of halogens is 1. The molecule has 2 rings (SSSR count). The van der Waals surface area contributed by atoms with E-state index in [-0.39, 0.29) is 24.2 Å². The number of hydrogen-bond donors (Lipinski definition) is 1. The zero-order valence-corrected chi connectivity index (χ0v) is 17.9. The molecule has 5 nitrogen and oxygen atoms in total. The zero-order valence-electron chi connectivity index (χ0n) is 17.9. The minimum Gasteiger partial charge on any atom is -0.463 e. The number of amides is 1. The number of hydrogen-bond acceptors (Lipinski definition) is 4. The molecule has 6 heteroatoms. The summed E-state index contributed by atoms with van der Waals surface area (Å²) >= 11 is 0. The van der Waals surface area contributed by atoms with Gasteiger partial charge in [0.15, 0.2) is 0 Å². The number of nitrogens with one attached hydrogen (secondary N) is 1. The van der Waals surface area contributed by atoms with Gasteiger partial charge in [-0.15, -0.1) is 0 Å². The SMILES string of the molecule is CC/C=C(/C)C(=C(C)C)N1C(=O)c2cc(/C=C/C(=O)OCC)c(F)cc2NC1C. The maximum atomic E-state index is 14.5. The van der Waals surface area contributed by atoms with E-state index in [4.69, 9.17) is 4.74 Å². The molecule has 0 aromatic heterocycles. The number of carbonyl (C=O) groups is 2. The number of benzene rings is 1. The Morgan fingerprint density at radius 2 is 1.97 bits per heavy atom. The summed E-state index contributed by atoms with van der Waals surface area (Å²) in [4.78, 5) is 26.6. The van der Waals surface area contributed by atoms with Crippen LogP contribution in [0.15, 0.2) is 41.1 Å². The molecule has 0 radical (unpaired) electrons. The van der Waals surface area contributed by atoms with Crippen molar-refractivity contribution < 1.29 is 18.7 Å². The minimum atomic E-state index is -0.559. The summed E-state index contributed by atoms with van der Waals surface area (Å²) in [6, 6.07) is 2.76. The van der Waals surface area contributed by atoms with Crippen molar-refractivity contribution in [3.05, 3.63) is 58.1 Å². The second-order valence-electron chi connectivity index (χ2n) is 7.14. The van der Waals surface area contributed by atoms with Gasteiger partial charge in [0.2, 0.25) is 0 Å². The highest BCUT2D eigenvalue weighted by Crippen LogP contribution is 2.33. The molecule has 1 aromatic carbocycles. The summed E-state index contributed by atoms with van der Waals surface area (Å²) in [6.45, 7) is 11.8. The molecule has 0 saturated heterocycles. The minimum absolute atomic E-state index is 0.154. The molecule has 29 heavy (non-hydrogen) atoms. The van der Waals surface area contributed by atoms with E-state index in [2.05, 4.69) is 11.4 Å². The second-order valence-corrected chi connectivity index (χ2v) is 7.14. The molecule has 1 N–H and O–H groups in total. The molecule has 1 atom stereocenters. The Hall–Kier alpha value is -2.89. The van der Waals surface area contributed by atoms with Crippen LogP contribution in [0.3, 0.4) is 0 Å². The van der Waals surface area contributed by atoms with Gasteiger partial charge in [0.05, 0.1) is 17.9 Å². The summed E-state index contributed by atoms with van der Waals surface area (Å²) in [5.41, 5.74) is 3.84. The van der Waals surface area contributed by atoms with Crippen molar-refractivity contribution in [1.82, 2.24) is 4.90 Å². The van der Waals surface area contributed by atoms with Crippen LogP contribution in [0.1, 0.15) is 63.9 Å². The van der Waals surface area contributed by atoms with Crippen LogP contribution in [-0.2, 0) is 9.53 Å². The summed E-state index contributed by atoms with van der Waals surface area (Å²) < 4.78 is 19.3. The monoisotopic (exact) mass is 400 g/mol. The lowest BCUT2D eigenvalue weighted by Gasteiger charge is -2.38. The van der Waals surface area contributed by atoms with Crippen molar-refractivity contribution in [2.45, 2.75) is 54.1 Å². The van der Waals surface area contributed by atoms with Gasteiger partial charge >= 0.3 is 5.97 Å². The average Bonchev–Trinajstić information content (AvgIpc) is 2.63. The van der Waals surface area contributed by atoms with Crippen LogP contribution in [0, 0.1) is 5.82 Å². The highest BCUT2D eigenvalue weighted by molar-refractivity contribution is 6.03. The van der Waals surface area contributed by atoms with Crippen LogP contribution in [0.4, 0.5) is 10.1 Å². The number of esters is 1. The topological polar surface area (TPSA) is 58.6 Å². The van der Waals surface area contributed by atoms with Gasteiger partial charge < -0.3 is 10.1 Å². The fraction of sp³-hybridized carbons (Fsp3) is 0.391. The molecular formula is C23H29FN2O3. The normalized spacial score (nSPS) is 16.5. The Bertz CT molecular complexity index is 896. The summed E-state index contributed by atoms with van der Waals surface area (Å²) in [5, 5.41) is 3.21. The number of fused-ring (bicyclic) bond motifs is 1. The second kappa shape index (κ2) is 9.54. The highest BCUT2D eigenvalue weighted by atomic mass is 19.1. The standard InChI is InChI=1S/C23H29FN2O3/c1-7-9-15(5)22(14(3)4)26-16(6)25-20-13-19(24)17(12-18(20)23(26)28)10-11-21(27)29-8-2/h9-13,16,25H,7-8H2,1-6H3/b11-10+,15-9-. The smallest absolute Gasteiger partial charge is 0.330 e. The number of rotatable bonds is 6. The third kappa shape index (κ3) is 4.94.